The van der Waals surface area contributed by atoms with Crippen LogP contribution in [0.5, 0.6) is 11.6 Å². The normalized spacial score (nSPS) is 17.5. The monoisotopic (exact) mass is 471 g/mol. The van der Waals surface area contributed by atoms with Crippen LogP contribution < -0.4 is 15.4 Å². The number of ether oxygens (including phenoxy) is 1. The van der Waals surface area contributed by atoms with Gasteiger partial charge in [0.2, 0.25) is 5.88 Å². The molecule has 1 saturated carbocycles. The fourth-order valence-electron chi connectivity index (χ4n) is 4.74. The average Bonchev–Trinajstić information content (AvgIpc) is 3.46. The molecule has 6 rings (SSSR count). The van der Waals surface area contributed by atoms with E-state index in [0.717, 1.165) is 28.6 Å². The number of hydrogen-bond donors (Lipinski definition) is 2. The van der Waals surface area contributed by atoms with E-state index in [9.17, 15) is 4.79 Å². The molecule has 1 fully saturated rings. The lowest BCUT2D eigenvalue weighted by Gasteiger charge is -2.23. The first-order chi connectivity index (χ1) is 17.0. The molecule has 2 N–H and O–H groups in total. The van der Waals surface area contributed by atoms with E-state index >= 15 is 0 Å². The van der Waals surface area contributed by atoms with E-state index in [1.54, 1.807) is 17.1 Å². The minimum atomic E-state index is -0.240. The van der Waals surface area contributed by atoms with Crippen molar-refractivity contribution in [3.05, 3.63) is 59.8 Å². The van der Waals surface area contributed by atoms with Gasteiger partial charge in [-0.25, -0.2) is 14.8 Å². The smallest absolute Gasteiger partial charge is 0.331 e. The number of anilines is 1. The summed E-state index contributed by atoms with van der Waals surface area (Å²) in [6, 6.07) is 9.96. The van der Waals surface area contributed by atoms with E-state index in [-0.39, 0.29) is 12.1 Å². The zero-order valence-corrected chi connectivity index (χ0v) is 20.2. The Labute approximate surface area is 203 Å². The van der Waals surface area contributed by atoms with E-state index in [4.69, 9.17) is 4.74 Å². The lowest BCUT2D eigenvalue weighted by atomic mass is 10.0. The number of nitrogens with zero attached hydrogens (tertiary/aromatic N) is 5. The lowest BCUT2D eigenvalue weighted by molar-refractivity contribution is 0.254. The summed E-state index contributed by atoms with van der Waals surface area (Å²) in [5.41, 5.74) is 4.01. The summed E-state index contributed by atoms with van der Waals surface area (Å²) in [6.45, 7) is 7.07. The molecule has 9 heteroatoms. The Morgan fingerprint density at radius 2 is 2.06 bits per heavy atom. The van der Waals surface area contributed by atoms with Crippen LogP contribution in [0.4, 0.5) is 10.6 Å². The van der Waals surface area contributed by atoms with E-state index in [1.807, 2.05) is 35.0 Å². The van der Waals surface area contributed by atoms with E-state index in [1.165, 1.54) is 18.5 Å². The molecule has 4 heterocycles. The van der Waals surface area contributed by atoms with Gasteiger partial charge >= 0.3 is 6.03 Å². The first-order valence-electron chi connectivity index (χ1n) is 12.2. The number of carbonyl (C=O) groups is 1. The highest BCUT2D eigenvalue weighted by molar-refractivity contribution is 5.98. The van der Waals surface area contributed by atoms with E-state index in [0.29, 0.717) is 36.0 Å². The minimum absolute atomic E-state index is 0.240. The fraction of sp³-hybridized carbons (Fsp3) is 0.385. The Balaban J connectivity index is 1.23. The van der Waals surface area contributed by atoms with Gasteiger partial charge in [-0.2, -0.15) is 5.10 Å². The molecule has 0 radical (unpaired) electrons. The standard InChI is InChI=1S/C26H29N7O2/c1-15(2)33-23(17-4-5-17)12-24(31-33)30-26(34)32-9-8-18-11-19(6-7-22(18)32)35-25-20-10-16(3)27-13-21(20)28-14-29-25/h6-9,11-12,14-17,27H,4-5,10,13H2,1-3H3,(H,30,31,34). The zero-order chi connectivity index (χ0) is 24.1. The van der Waals surface area contributed by atoms with Crippen LogP contribution in [-0.4, -0.2) is 36.4 Å². The van der Waals surface area contributed by atoms with Crippen LogP contribution in [0.15, 0.2) is 42.9 Å². The predicted molar refractivity (Wildman–Crippen MR) is 133 cm³/mol. The van der Waals surface area contributed by atoms with Crippen molar-refractivity contribution >= 4 is 22.8 Å². The molecule has 2 aliphatic rings. The van der Waals surface area contributed by atoms with Crippen LogP contribution in [0.25, 0.3) is 10.9 Å². The largest absolute Gasteiger partial charge is 0.439 e. The van der Waals surface area contributed by atoms with Crippen LogP contribution in [0.2, 0.25) is 0 Å². The molecule has 1 atom stereocenters. The summed E-state index contributed by atoms with van der Waals surface area (Å²) in [5, 5.41) is 11.9. The Morgan fingerprint density at radius 3 is 2.86 bits per heavy atom. The van der Waals surface area contributed by atoms with Gasteiger partial charge in [-0.05, 0) is 64.3 Å². The molecule has 9 nitrogen and oxygen atoms in total. The SMILES string of the molecule is CC1Cc2c(ncnc2Oc2ccc3c(ccn3C(=O)Nc3cc(C4CC4)n(C(C)C)n3)c2)CN1. The number of fused-ring (bicyclic) bond motifs is 2. The van der Waals surface area contributed by atoms with Gasteiger partial charge < -0.3 is 10.1 Å². The molecular weight excluding hydrogens is 442 g/mol. The van der Waals surface area contributed by atoms with E-state index < -0.39 is 0 Å². The number of carbonyl (C=O) groups excluding carboxylic acids is 1. The maximum absolute atomic E-state index is 13.1. The summed E-state index contributed by atoms with van der Waals surface area (Å²) < 4.78 is 9.79. The highest BCUT2D eigenvalue weighted by atomic mass is 16.5. The van der Waals surface area contributed by atoms with Gasteiger partial charge in [0.05, 0.1) is 11.2 Å². The molecule has 0 saturated heterocycles. The predicted octanol–water partition coefficient (Wildman–Crippen LogP) is 4.99. The van der Waals surface area contributed by atoms with Crippen molar-refractivity contribution in [1.82, 2.24) is 29.6 Å². The van der Waals surface area contributed by atoms with Crippen LogP contribution in [0.3, 0.4) is 0 Å². The number of aromatic nitrogens is 5. The topological polar surface area (TPSA) is 98.9 Å². The van der Waals surface area contributed by atoms with E-state index in [2.05, 4.69) is 46.5 Å². The first-order valence-corrected chi connectivity index (χ1v) is 12.2. The van der Waals surface area contributed by atoms with Crippen molar-refractivity contribution < 1.29 is 9.53 Å². The summed E-state index contributed by atoms with van der Waals surface area (Å²) in [5.74, 6) is 2.41. The number of hydrogen-bond acceptors (Lipinski definition) is 6. The maximum Gasteiger partial charge on any atom is 0.331 e. The van der Waals surface area contributed by atoms with Gasteiger partial charge in [0.25, 0.3) is 0 Å². The molecule has 1 unspecified atom stereocenters. The number of nitrogens with one attached hydrogen (secondary N) is 2. The maximum atomic E-state index is 13.1. The molecule has 1 aliphatic heterocycles. The lowest BCUT2D eigenvalue weighted by Crippen LogP contribution is -2.33. The molecule has 0 bridgehead atoms. The summed E-state index contributed by atoms with van der Waals surface area (Å²) in [7, 11) is 0. The summed E-state index contributed by atoms with van der Waals surface area (Å²) in [4.78, 5) is 21.8. The zero-order valence-electron chi connectivity index (χ0n) is 20.2. The second-order valence-electron chi connectivity index (χ2n) is 9.80. The van der Waals surface area contributed by atoms with Gasteiger partial charge in [-0.1, -0.05) is 0 Å². The molecule has 180 valence electrons. The van der Waals surface area contributed by atoms with Crippen molar-refractivity contribution in [2.24, 2.45) is 0 Å². The van der Waals surface area contributed by atoms with Crippen LogP contribution in [-0.2, 0) is 13.0 Å². The molecule has 1 aliphatic carbocycles. The van der Waals surface area contributed by atoms with Crippen molar-refractivity contribution in [3.8, 4) is 11.6 Å². The first kappa shape index (κ1) is 21.8. The highest BCUT2D eigenvalue weighted by Crippen LogP contribution is 2.41. The molecule has 35 heavy (non-hydrogen) atoms. The Hall–Kier alpha value is -3.72. The third-order valence-electron chi connectivity index (χ3n) is 6.70. The van der Waals surface area contributed by atoms with Gasteiger partial charge in [0.1, 0.15) is 12.1 Å². The second-order valence-corrected chi connectivity index (χ2v) is 9.80. The Bertz CT molecular complexity index is 1400. The summed E-state index contributed by atoms with van der Waals surface area (Å²) >= 11 is 0. The Kier molecular flexibility index (Phi) is 5.29. The van der Waals surface area contributed by atoms with Gasteiger partial charge in [0.15, 0.2) is 5.82 Å². The quantitative estimate of drug-likeness (QED) is 0.425. The average molecular weight is 472 g/mol. The number of benzene rings is 1. The molecule has 1 amide bonds. The second kappa shape index (κ2) is 8.49. The highest BCUT2D eigenvalue weighted by Gasteiger charge is 2.29. The van der Waals surface area contributed by atoms with Crippen LogP contribution >= 0.6 is 0 Å². The number of rotatable bonds is 5. The molecule has 4 aromatic rings. The third kappa shape index (κ3) is 4.16. The van der Waals surface area contributed by atoms with Gasteiger partial charge in [0, 0.05) is 53.5 Å². The molecule has 0 spiro atoms. The molecule has 3 aromatic heterocycles. The van der Waals surface area contributed by atoms with Crippen molar-refractivity contribution in [2.45, 2.75) is 64.6 Å². The van der Waals surface area contributed by atoms with Crippen molar-refractivity contribution in [1.29, 1.82) is 0 Å². The Morgan fingerprint density at radius 1 is 1.20 bits per heavy atom. The van der Waals surface area contributed by atoms with Crippen molar-refractivity contribution in [2.75, 3.05) is 5.32 Å². The minimum Gasteiger partial charge on any atom is -0.439 e. The molecular formula is C26H29N7O2. The van der Waals surface area contributed by atoms with Crippen LogP contribution in [0.1, 0.15) is 62.5 Å². The van der Waals surface area contributed by atoms with Crippen LogP contribution in [0, 0.1) is 0 Å². The van der Waals surface area contributed by atoms with Crippen molar-refractivity contribution in [3.63, 3.8) is 0 Å². The molecule has 1 aromatic carbocycles. The summed E-state index contributed by atoms with van der Waals surface area (Å²) in [6.07, 6.45) is 6.50. The number of amides is 1. The third-order valence-corrected chi connectivity index (χ3v) is 6.70. The van der Waals surface area contributed by atoms with Gasteiger partial charge in [-0.3, -0.25) is 14.6 Å². The van der Waals surface area contributed by atoms with Gasteiger partial charge in [-0.15, -0.1) is 0 Å². The fourth-order valence-corrected chi connectivity index (χ4v) is 4.74.